The first-order valence-corrected chi connectivity index (χ1v) is 6.15. The lowest BCUT2D eigenvalue weighted by atomic mass is 10.1. The molecule has 96 valence electrons. The fraction of sp³-hybridized carbons (Fsp3) is 0.133. The number of rotatable bonds is 3. The van der Waals surface area contributed by atoms with Crippen molar-refractivity contribution in [2.75, 3.05) is 0 Å². The number of aromatic nitrogens is 2. The number of hydrogen-bond donors (Lipinski definition) is 1. The quantitative estimate of drug-likeness (QED) is 0.782. The number of nitrogens with two attached hydrogens (primary N) is 1. The third-order valence-corrected chi connectivity index (χ3v) is 3.26. The second-order valence-corrected chi connectivity index (χ2v) is 4.48. The molecule has 1 aromatic heterocycles. The van der Waals surface area contributed by atoms with Gasteiger partial charge in [-0.15, -0.1) is 0 Å². The molecule has 0 aliphatic heterocycles. The van der Waals surface area contributed by atoms with Gasteiger partial charge in [0.15, 0.2) is 0 Å². The summed E-state index contributed by atoms with van der Waals surface area (Å²) < 4.78 is 15.4. The largest absolute Gasteiger partial charge is 0.326 e. The SMILES string of the molecule is NCc1ccc(F)cc1Cn1cnc2ccccc21. The van der Waals surface area contributed by atoms with E-state index in [9.17, 15) is 4.39 Å². The summed E-state index contributed by atoms with van der Waals surface area (Å²) in [4.78, 5) is 4.33. The Morgan fingerprint density at radius 3 is 2.79 bits per heavy atom. The Morgan fingerprint density at radius 2 is 1.95 bits per heavy atom. The van der Waals surface area contributed by atoms with Crippen molar-refractivity contribution in [3.63, 3.8) is 0 Å². The summed E-state index contributed by atoms with van der Waals surface area (Å²) in [5.41, 5.74) is 9.52. The van der Waals surface area contributed by atoms with E-state index in [0.717, 1.165) is 22.2 Å². The van der Waals surface area contributed by atoms with Gasteiger partial charge in [-0.05, 0) is 35.4 Å². The number of benzene rings is 2. The highest BCUT2D eigenvalue weighted by molar-refractivity contribution is 5.75. The molecule has 0 saturated heterocycles. The molecule has 0 fully saturated rings. The number of hydrogen-bond acceptors (Lipinski definition) is 2. The Hall–Kier alpha value is -2.20. The molecule has 3 rings (SSSR count). The van der Waals surface area contributed by atoms with Gasteiger partial charge in [0, 0.05) is 13.1 Å². The normalized spacial score (nSPS) is 11.1. The third kappa shape index (κ3) is 2.22. The summed E-state index contributed by atoms with van der Waals surface area (Å²) in [5.74, 6) is -0.239. The molecule has 0 spiro atoms. The number of imidazole rings is 1. The molecule has 1 heterocycles. The maximum absolute atomic E-state index is 13.4. The third-order valence-electron chi connectivity index (χ3n) is 3.26. The van der Waals surface area contributed by atoms with Crippen LogP contribution in [-0.2, 0) is 13.1 Å². The molecule has 19 heavy (non-hydrogen) atoms. The molecule has 0 amide bonds. The zero-order chi connectivity index (χ0) is 13.2. The molecule has 2 aromatic carbocycles. The van der Waals surface area contributed by atoms with E-state index in [2.05, 4.69) is 4.98 Å². The minimum Gasteiger partial charge on any atom is -0.326 e. The van der Waals surface area contributed by atoms with Gasteiger partial charge < -0.3 is 10.3 Å². The molecule has 3 aromatic rings. The summed E-state index contributed by atoms with van der Waals surface area (Å²) in [6.07, 6.45) is 1.77. The summed E-state index contributed by atoms with van der Waals surface area (Å²) in [6.45, 7) is 0.979. The van der Waals surface area contributed by atoms with Crippen molar-refractivity contribution < 1.29 is 4.39 Å². The van der Waals surface area contributed by atoms with Crippen LogP contribution in [0.15, 0.2) is 48.8 Å². The lowest BCUT2D eigenvalue weighted by Crippen LogP contribution is -2.06. The first-order valence-electron chi connectivity index (χ1n) is 6.15. The van der Waals surface area contributed by atoms with E-state index < -0.39 is 0 Å². The highest BCUT2D eigenvalue weighted by atomic mass is 19.1. The molecule has 0 atom stereocenters. The van der Waals surface area contributed by atoms with Crippen LogP contribution in [0.2, 0.25) is 0 Å². The molecule has 4 heteroatoms. The minimum absolute atomic E-state index is 0.239. The Bertz CT molecular complexity index is 718. The molecule has 0 unspecified atom stereocenters. The van der Waals surface area contributed by atoms with Crippen molar-refractivity contribution in [2.24, 2.45) is 5.73 Å². The van der Waals surface area contributed by atoms with Crippen LogP contribution in [0.3, 0.4) is 0 Å². The summed E-state index contributed by atoms with van der Waals surface area (Å²) in [6, 6.07) is 12.6. The Balaban J connectivity index is 2.03. The number of para-hydroxylation sites is 2. The van der Waals surface area contributed by atoms with Crippen molar-refractivity contribution >= 4 is 11.0 Å². The van der Waals surface area contributed by atoms with Crippen LogP contribution in [0, 0.1) is 5.82 Å². The van der Waals surface area contributed by atoms with Gasteiger partial charge in [0.1, 0.15) is 5.82 Å². The van der Waals surface area contributed by atoms with Gasteiger partial charge in [-0.3, -0.25) is 0 Å². The summed E-state index contributed by atoms with van der Waals surface area (Å²) in [7, 11) is 0. The van der Waals surface area contributed by atoms with Gasteiger partial charge >= 0.3 is 0 Å². The van der Waals surface area contributed by atoms with Crippen molar-refractivity contribution in [3.8, 4) is 0 Å². The molecule has 0 saturated carbocycles. The molecular formula is C15H14FN3. The van der Waals surface area contributed by atoms with E-state index in [1.54, 1.807) is 12.4 Å². The predicted octanol–water partition coefficient (Wildman–Crippen LogP) is 2.68. The molecule has 0 radical (unpaired) electrons. The van der Waals surface area contributed by atoms with E-state index in [-0.39, 0.29) is 5.82 Å². The average molecular weight is 255 g/mol. The molecular weight excluding hydrogens is 241 g/mol. The van der Waals surface area contributed by atoms with Crippen LogP contribution in [0.25, 0.3) is 11.0 Å². The maximum Gasteiger partial charge on any atom is 0.123 e. The van der Waals surface area contributed by atoms with Gasteiger partial charge in [-0.25, -0.2) is 9.37 Å². The lowest BCUT2D eigenvalue weighted by molar-refractivity contribution is 0.622. The lowest BCUT2D eigenvalue weighted by Gasteiger charge is -2.09. The van der Waals surface area contributed by atoms with E-state index in [0.29, 0.717) is 13.1 Å². The molecule has 0 aliphatic rings. The predicted molar refractivity (Wildman–Crippen MR) is 73.1 cm³/mol. The Labute approximate surface area is 110 Å². The van der Waals surface area contributed by atoms with Crippen LogP contribution in [0.1, 0.15) is 11.1 Å². The highest BCUT2D eigenvalue weighted by Crippen LogP contribution is 2.17. The van der Waals surface area contributed by atoms with E-state index >= 15 is 0 Å². The fourth-order valence-corrected chi connectivity index (χ4v) is 2.26. The van der Waals surface area contributed by atoms with Gasteiger partial charge in [0.2, 0.25) is 0 Å². The Morgan fingerprint density at radius 1 is 1.11 bits per heavy atom. The van der Waals surface area contributed by atoms with Gasteiger partial charge in [-0.1, -0.05) is 18.2 Å². The summed E-state index contributed by atoms with van der Waals surface area (Å²) >= 11 is 0. The van der Waals surface area contributed by atoms with Crippen molar-refractivity contribution in [2.45, 2.75) is 13.1 Å². The molecule has 0 aliphatic carbocycles. The first-order chi connectivity index (χ1) is 9.28. The number of nitrogens with zero attached hydrogens (tertiary/aromatic N) is 2. The van der Waals surface area contributed by atoms with Gasteiger partial charge in [-0.2, -0.15) is 0 Å². The smallest absolute Gasteiger partial charge is 0.123 e. The Kier molecular flexibility index (Phi) is 3.01. The van der Waals surface area contributed by atoms with Crippen LogP contribution in [-0.4, -0.2) is 9.55 Å². The summed E-state index contributed by atoms with van der Waals surface area (Å²) in [5, 5.41) is 0. The second kappa shape index (κ2) is 4.82. The molecule has 2 N–H and O–H groups in total. The highest BCUT2D eigenvalue weighted by Gasteiger charge is 2.06. The van der Waals surface area contributed by atoms with Gasteiger partial charge in [0.05, 0.1) is 17.4 Å². The molecule has 3 nitrogen and oxygen atoms in total. The van der Waals surface area contributed by atoms with Crippen molar-refractivity contribution in [3.05, 3.63) is 65.7 Å². The average Bonchev–Trinajstić information content (AvgIpc) is 2.83. The maximum atomic E-state index is 13.4. The zero-order valence-electron chi connectivity index (χ0n) is 10.4. The van der Waals surface area contributed by atoms with Crippen LogP contribution in [0.4, 0.5) is 4.39 Å². The topological polar surface area (TPSA) is 43.8 Å². The van der Waals surface area contributed by atoms with E-state index in [4.69, 9.17) is 5.73 Å². The van der Waals surface area contributed by atoms with Crippen LogP contribution >= 0.6 is 0 Å². The number of halogens is 1. The van der Waals surface area contributed by atoms with Gasteiger partial charge in [0.25, 0.3) is 0 Å². The first kappa shape index (κ1) is 11.9. The standard InChI is InChI=1S/C15H14FN3/c16-13-6-5-11(8-17)12(7-13)9-19-10-18-14-3-1-2-4-15(14)19/h1-7,10H,8-9,17H2. The van der Waals surface area contributed by atoms with Crippen molar-refractivity contribution in [1.29, 1.82) is 0 Å². The van der Waals surface area contributed by atoms with Crippen LogP contribution < -0.4 is 5.73 Å². The van der Waals surface area contributed by atoms with Crippen molar-refractivity contribution in [1.82, 2.24) is 9.55 Å². The fourth-order valence-electron chi connectivity index (χ4n) is 2.26. The second-order valence-electron chi connectivity index (χ2n) is 4.48. The monoisotopic (exact) mass is 255 g/mol. The van der Waals surface area contributed by atoms with E-state index in [1.807, 2.05) is 28.8 Å². The minimum atomic E-state index is -0.239. The van der Waals surface area contributed by atoms with Crippen LogP contribution in [0.5, 0.6) is 0 Å². The number of fused-ring (bicyclic) bond motifs is 1. The zero-order valence-corrected chi connectivity index (χ0v) is 10.4. The van der Waals surface area contributed by atoms with E-state index in [1.165, 1.54) is 12.1 Å². The molecule has 0 bridgehead atoms.